The number of benzene rings is 2. The van der Waals surface area contributed by atoms with Gasteiger partial charge in [-0.3, -0.25) is 0 Å². The van der Waals surface area contributed by atoms with Crippen molar-refractivity contribution in [1.29, 1.82) is 0 Å². The van der Waals surface area contributed by atoms with E-state index in [-0.39, 0.29) is 12.4 Å². The van der Waals surface area contributed by atoms with Gasteiger partial charge in [0.2, 0.25) is 0 Å². The van der Waals surface area contributed by atoms with Crippen LogP contribution in [0.1, 0.15) is 16.7 Å². The Morgan fingerprint density at radius 1 is 1.11 bits per heavy atom. The van der Waals surface area contributed by atoms with Crippen LogP contribution < -0.4 is 4.90 Å². The minimum Gasteiger partial charge on any atom is -0.392 e. The van der Waals surface area contributed by atoms with Crippen molar-refractivity contribution in [2.24, 2.45) is 0 Å². The van der Waals surface area contributed by atoms with Crippen molar-refractivity contribution >= 4 is 5.69 Å². The summed E-state index contributed by atoms with van der Waals surface area (Å²) in [4.78, 5) is 2.02. The van der Waals surface area contributed by atoms with E-state index in [0.717, 1.165) is 12.2 Å². The zero-order valence-corrected chi connectivity index (χ0v) is 11.2. The van der Waals surface area contributed by atoms with Crippen LogP contribution in [0.5, 0.6) is 0 Å². The summed E-state index contributed by atoms with van der Waals surface area (Å²) in [5.41, 5.74) is 3.91. The second-order valence-corrected chi connectivity index (χ2v) is 4.71. The van der Waals surface area contributed by atoms with Crippen LogP contribution in [0, 0.1) is 12.7 Å². The molecule has 0 atom stereocenters. The monoisotopic (exact) mass is 259 g/mol. The summed E-state index contributed by atoms with van der Waals surface area (Å²) in [5.74, 6) is -0.322. The van der Waals surface area contributed by atoms with Gasteiger partial charge in [0.25, 0.3) is 0 Å². The molecule has 0 unspecified atom stereocenters. The molecule has 0 aliphatic carbocycles. The highest BCUT2D eigenvalue weighted by Crippen LogP contribution is 2.23. The molecule has 3 heteroatoms. The molecule has 0 saturated heterocycles. The molecule has 0 saturated carbocycles. The van der Waals surface area contributed by atoms with Crippen LogP contribution in [0.15, 0.2) is 42.5 Å². The van der Waals surface area contributed by atoms with Crippen molar-refractivity contribution in [3.8, 4) is 0 Å². The van der Waals surface area contributed by atoms with E-state index in [2.05, 4.69) is 19.1 Å². The van der Waals surface area contributed by atoms with Crippen LogP contribution in [-0.4, -0.2) is 12.2 Å². The van der Waals surface area contributed by atoms with E-state index in [0.29, 0.717) is 5.56 Å². The fourth-order valence-electron chi connectivity index (χ4n) is 2.18. The zero-order valence-electron chi connectivity index (χ0n) is 11.2. The lowest BCUT2D eigenvalue weighted by Gasteiger charge is -2.23. The first-order valence-corrected chi connectivity index (χ1v) is 6.26. The van der Waals surface area contributed by atoms with Crippen molar-refractivity contribution < 1.29 is 9.50 Å². The van der Waals surface area contributed by atoms with E-state index in [4.69, 9.17) is 0 Å². The van der Waals surface area contributed by atoms with Gasteiger partial charge in [0.15, 0.2) is 0 Å². The molecule has 0 heterocycles. The number of hydrogen-bond acceptors (Lipinski definition) is 2. The summed E-state index contributed by atoms with van der Waals surface area (Å²) in [6.45, 7) is 2.64. The van der Waals surface area contributed by atoms with Crippen LogP contribution in [-0.2, 0) is 13.2 Å². The van der Waals surface area contributed by atoms with Gasteiger partial charge in [-0.15, -0.1) is 0 Å². The molecular weight excluding hydrogens is 241 g/mol. The molecule has 0 aliphatic heterocycles. The Morgan fingerprint density at radius 3 is 2.53 bits per heavy atom. The fraction of sp³-hybridized carbons (Fsp3) is 0.250. The predicted molar refractivity (Wildman–Crippen MR) is 75.6 cm³/mol. The highest BCUT2D eigenvalue weighted by molar-refractivity contribution is 5.53. The number of anilines is 1. The number of aliphatic hydroxyl groups excluding tert-OH is 1. The molecule has 2 aromatic rings. The summed E-state index contributed by atoms with van der Waals surface area (Å²) >= 11 is 0. The first-order chi connectivity index (χ1) is 9.11. The molecule has 0 radical (unpaired) electrons. The third-order valence-electron chi connectivity index (χ3n) is 3.29. The molecular formula is C16H18FNO. The Hall–Kier alpha value is -1.87. The lowest BCUT2D eigenvalue weighted by molar-refractivity contribution is 0.281. The van der Waals surface area contributed by atoms with E-state index < -0.39 is 0 Å². The van der Waals surface area contributed by atoms with E-state index in [1.807, 2.05) is 24.1 Å². The third-order valence-corrected chi connectivity index (χ3v) is 3.29. The minimum atomic E-state index is -0.322. The van der Waals surface area contributed by atoms with Gasteiger partial charge in [0, 0.05) is 24.8 Å². The van der Waals surface area contributed by atoms with Crippen molar-refractivity contribution in [1.82, 2.24) is 0 Å². The Kier molecular flexibility index (Phi) is 4.17. The Bertz CT molecular complexity index is 568. The molecule has 0 aliphatic rings. The Balaban J connectivity index is 2.25. The molecule has 2 rings (SSSR count). The van der Waals surface area contributed by atoms with Crippen molar-refractivity contribution in [2.75, 3.05) is 11.9 Å². The van der Waals surface area contributed by atoms with Gasteiger partial charge in [-0.05, 0) is 36.2 Å². The summed E-state index contributed by atoms with van der Waals surface area (Å²) in [7, 11) is 1.94. The molecule has 0 fully saturated rings. The molecule has 0 aromatic heterocycles. The lowest BCUT2D eigenvalue weighted by atomic mass is 10.1. The average molecular weight is 259 g/mol. The standard InChI is InChI=1S/C16H18FNO/c1-12-5-3-4-6-13(12)10-18(2)16-8-7-15(17)9-14(16)11-19/h3-9,19H,10-11H2,1-2H3. The molecule has 0 spiro atoms. The van der Waals surface area contributed by atoms with Gasteiger partial charge < -0.3 is 10.0 Å². The fourth-order valence-corrected chi connectivity index (χ4v) is 2.18. The molecule has 19 heavy (non-hydrogen) atoms. The van der Waals surface area contributed by atoms with E-state index in [1.165, 1.54) is 23.3 Å². The quantitative estimate of drug-likeness (QED) is 0.911. The largest absolute Gasteiger partial charge is 0.392 e. The highest BCUT2D eigenvalue weighted by Gasteiger charge is 2.09. The first kappa shape index (κ1) is 13.6. The second kappa shape index (κ2) is 5.85. The maximum Gasteiger partial charge on any atom is 0.123 e. The van der Waals surface area contributed by atoms with Crippen LogP contribution in [0.25, 0.3) is 0 Å². The molecule has 100 valence electrons. The maximum absolute atomic E-state index is 13.2. The first-order valence-electron chi connectivity index (χ1n) is 6.26. The van der Waals surface area contributed by atoms with Gasteiger partial charge >= 0.3 is 0 Å². The predicted octanol–water partition coefficient (Wildman–Crippen LogP) is 3.26. The van der Waals surface area contributed by atoms with Crippen LogP contribution in [0.2, 0.25) is 0 Å². The van der Waals surface area contributed by atoms with E-state index in [1.54, 1.807) is 6.07 Å². The third kappa shape index (κ3) is 3.12. The van der Waals surface area contributed by atoms with Gasteiger partial charge in [-0.25, -0.2) is 4.39 Å². The van der Waals surface area contributed by atoms with Crippen molar-refractivity contribution in [3.05, 3.63) is 65.0 Å². The Labute approximate surface area is 113 Å². The normalized spacial score (nSPS) is 10.5. The maximum atomic E-state index is 13.2. The van der Waals surface area contributed by atoms with Crippen molar-refractivity contribution in [2.45, 2.75) is 20.1 Å². The molecule has 0 bridgehead atoms. The lowest BCUT2D eigenvalue weighted by Crippen LogP contribution is -2.18. The molecule has 1 N–H and O–H groups in total. The topological polar surface area (TPSA) is 23.5 Å². The number of aliphatic hydroxyl groups is 1. The van der Waals surface area contributed by atoms with Gasteiger partial charge in [-0.2, -0.15) is 0 Å². The summed E-state index contributed by atoms with van der Waals surface area (Å²) in [6.07, 6.45) is 0. The molecule has 2 aromatic carbocycles. The van der Waals surface area contributed by atoms with Crippen LogP contribution >= 0.6 is 0 Å². The smallest absolute Gasteiger partial charge is 0.123 e. The van der Waals surface area contributed by atoms with Gasteiger partial charge in [-0.1, -0.05) is 24.3 Å². The molecule has 0 amide bonds. The number of rotatable bonds is 4. The number of halogens is 1. The number of nitrogens with zero attached hydrogens (tertiary/aromatic N) is 1. The van der Waals surface area contributed by atoms with Crippen LogP contribution in [0.3, 0.4) is 0 Å². The van der Waals surface area contributed by atoms with Crippen molar-refractivity contribution in [3.63, 3.8) is 0 Å². The molecule has 2 nitrogen and oxygen atoms in total. The van der Waals surface area contributed by atoms with E-state index in [9.17, 15) is 9.50 Å². The zero-order chi connectivity index (χ0) is 13.8. The average Bonchev–Trinajstić information content (AvgIpc) is 2.41. The summed E-state index contributed by atoms with van der Waals surface area (Å²) in [5, 5.41) is 9.32. The minimum absolute atomic E-state index is 0.162. The van der Waals surface area contributed by atoms with E-state index >= 15 is 0 Å². The highest BCUT2D eigenvalue weighted by atomic mass is 19.1. The number of hydrogen-bond donors (Lipinski definition) is 1. The van der Waals surface area contributed by atoms with Gasteiger partial charge in [0.05, 0.1) is 6.61 Å². The van der Waals surface area contributed by atoms with Gasteiger partial charge in [0.1, 0.15) is 5.82 Å². The SMILES string of the molecule is Cc1ccccc1CN(C)c1ccc(F)cc1CO. The summed E-state index contributed by atoms with van der Waals surface area (Å²) in [6, 6.07) is 12.7. The number of aryl methyl sites for hydroxylation is 1. The Morgan fingerprint density at radius 2 is 1.84 bits per heavy atom. The second-order valence-electron chi connectivity index (χ2n) is 4.71. The van der Waals surface area contributed by atoms with Crippen LogP contribution in [0.4, 0.5) is 10.1 Å². The summed E-state index contributed by atoms with van der Waals surface area (Å²) < 4.78 is 13.2.